The molecule has 0 spiro atoms. The Morgan fingerprint density at radius 1 is 0.233 bits per heavy atom. The van der Waals surface area contributed by atoms with Crippen LogP contribution in [0.15, 0.2) is 311 Å². The number of nitrogens with zero attached hydrogens (tertiary/aromatic N) is 1. The smallest absolute Gasteiger partial charge is 0.144 e. The predicted octanol–water partition coefficient (Wildman–Crippen LogP) is 33.6. The molecular weight excluding hydrogens is 1460 g/mol. The van der Waals surface area contributed by atoms with Crippen LogP contribution in [0.25, 0.3) is 110 Å². The van der Waals surface area contributed by atoms with Crippen molar-refractivity contribution in [2.75, 3.05) is 4.90 Å². The molecule has 0 unspecified atom stereocenters. The van der Waals surface area contributed by atoms with Crippen molar-refractivity contribution >= 4 is 82.9 Å². The van der Waals surface area contributed by atoms with Crippen molar-refractivity contribution in [2.24, 2.45) is 0 Å². The van der Waals surface area contributed by atoms with Gasteiger partial charge in [-0.3, -0.25) is 0 Å². The highest BCUT2D eigenvalue weighted by Crippen LogP contribution is 2.70. The second-order valence-corrected chi connectivity index (χ2v) is 35.6. The quantitative estimate of drug-likeness (QED) is 0.0406. The van der Waals surface area contributed by atoms with Gasteiger partial charge in [0, 0.05) is 65.8 Å². The number of hydrogen-bond acceptors (Lipinski definition) is 4. The van der Waals surface area contributed by atoms with E-state index < -0.39 is 10.8 Å². The van der Waals surface area contributed by atoms with Crippen molar-refractivity contribution < 1.29 is 13.3 Å². The lowest BCUT2D eigenvalue weighted by Gasteiger charge is -2.40. The highest BCUT2D eigenvalue weighted by molar-refractivity contribution is 6.21. The second kappa shape index (κ2) is 31.5. The third-order valence-corrected chi connectivity index (χ3v) is 29.0. The van der Waals surface area contributed by atoms with E-state index in [1.54, 1.807) is 16.7 Å². The average molecular weight is 1570 g/mol. The molecule has 4 heteroatoms. The molecule has 0 radical (unpaired) electrons. The summed E-state index contributed by atoms with van der Waals surface area (Å²) in [6, 6.07) is 114. The maximum Gasteiger partial charge on any atom is 0.144 e. The van der Waals surface area contributed by atoms with Gasteiger partial charge >= 0.3 is 0 Å². The van der Waals surface area contributed by atoms with E-state index >= 15 is 0 Å². The predicted molar refractivity (Wildman–Crippen MR) is 504 cm³/mol. The number of rotatable bonds is 31. The minimum absolute atomic E-state index is 0.198. The third-order valence-electron chi connectivity index (χ3n) is 29.0. The fraction of sp³-hybridized carbons (Fsp3) is 0.276. The Morgan fingerprint density at radius 3 is 1.18 bits per heavy atom. The maximum absolute atomic E-state index is 7.77. The Labute approximate surface area is 708 Å². The first-order valence-electron chi connectivity index (χ1n) is 45.9. The molecule has 0 aliphatic heterocycles. The number of benzene rings is 14. The van der Waals surface area contributed by atoms with Gasteiger partial charge < -0.3 is 18.2 Å². The number of hydrogen-bond donors (Lipinski definition) is 0. The Hall–Kier alpha value is -11.7. The van der Waals surface area contributed by atoms with Crippen LogP contribution in [0, 0.1) is 0 Å². The topological polar surface area (TPSA) is 42.7 Å². The third kappa shape index (κ3) is 11.8. The zero-order valence-corrected chi connectivity index (χ0v) is 70.4. The van der Waals surface area contributed by atoms with Gasteiger partial charge in [0.1, 0.15) is 33.5 Å². The molecule has 3 heterocycles. The van der Waals surface area contributed by atoms with Crippen LogP contribution in [-0.4, -0.2) is 0 Å². The van der Waals surface area contributed by atoms with E-state index in [-0.39, 0.29) is 10.8 Å². The Kier molecular flexibility index (Phi) is 19.8. The van der Waals surface area contributed by atoms with E-state index in [1.165, 1.54) is 221 Å². The van der Waals surface area contributed by atoms with Crippen molar-refractivity contribution in [3.8, 4) is 44.5 Å². The van der Waals surface area contributed by atoms with Crippen LogP contribution in [-0.2, 0) is 21.7 Å². The van der Waals surface area contributed by atoms with Crippen LogP contribution in [0.3, 0.4) is 0 Å². The molecule has 0 atom stereocenters. The summed E-state index contributed by atoms with van der Waals surface area (Å²) in [5.74, 6) is 0. The van der Waals surface area contributed by atoms with Gasteiger partial charge in [-0.25, -0.2) is 0 Å². The summed E-state index contributed by atoms with van der Waals surface area (Å²) in [5.41, 5.74) is 33.6. The van der Waals surface area contributed by atoms with E-state index in [0.717, 1.165) is 111 Å². The fourth-order valence-electron chi connectivity index (χ4n) is 23.7. The number of furan rings is 3. The lowest BCUT2D eigenvalue weighted by molar-refractivity contribution is 0.369. The van der Waals surface area contributed by atoms with Crippen molar-refractivity contribution in [1.29, 1.82) is 0 Å². The molecule has 4 nitrogen and oxygen atoms in total. The first-order chi connectivity index (χ1) is 59.4. The molecule has 17 aromatic rings. The molecule has 21 rings (SSSR count). The summed E-state index contributed by atoms with van der Waals surface area (Å²) in [5, 5.41) is 7.04. The Morgan fingerprint density at radius 2 is 0.617 bits per heavy atom. The van der Waals surface area contributed by atoms with Gasteiger partial charge in [0.15, 0.2) is 0 Å². The van der Waals surface area contributed by atoms with Crippen molar-refractivity contribution in [2.45, 2.75) is 203 Å². The first-order valence-corrected chi connectivity index (χ1v) is 45.9. The average Bonchev–Trinajstić information content (AvgIpc) is 1.49. The Balaban J connectivity index is 0.849. The number of fused-ring (bicyclic) bond motifs is 25. The molecule has 0 saturated carbocycles. The van der Waals surface area contributed by atoms with Gasteiger partial charge in [-0.1, -0.05) is 375 Å². The van der Waals surface area contributed by atoms with Crippen LogP contribution in [0.5, 0.6) is 0 Å². The Bertz CT molecular complexity index is 6580. The van der Waals surface area contributed by atoms with Gasteiger partial charge in [0.05, 0.1) is 10.8 Å². The normalized spacial score (nSPS) is 14.6. The molecule has 4 aliphatic rings. The molecule has 596 valence electrons. The number of anilines is 3. The number of unbranched alkanes of at least 4 members (excludes halogenated alkanes) is 16. The van der Waals surface area contributed by atoms with Crippen LogP contribution in [0.1, 0.15) is 249 Å². The summed E-state index contributed by atoms with van der Waals surface area (Å²) in [6.07, 6.45) is 29.0. The minimum atomic E-state index is -0.815. The first kappa shape index (κ1) is 75.7. The lowest BCUT2D eigenvalue weighted by atomic mass is 9.62. The molecular formula is C116H109NO3. The van der Waals surface area contributed by atoms with E-state index in [0.29, 0.717) is 0 Å². The molecule has 14 aromatic carbocycles. The van der Waals surface area contributed by atoms with Crippen LogP contribution in [0.2, 0.25) is 0 Å². The summed E-state index contributed by atoms with van der Waals surface area (Å²) < 4.78 is 21.5. The molecule has 3 aromatic heterocycles. The fourth-order valence-corrected chi connectivity index (χ4v) is 23.7. The summed E-state index contributed by atoms with van der Waals surface area (Å²) in [7, 11) is 0. The highest BCUT2D eigenvalue weighted by atomic mass is 16.3. The SMILES string of the molecule is CCCCCCCC1(CCCCCCC)c2cc(N(c3ccc4c(c3)C(c3ccccc3)(c3ccccc3)c3cc5c(cc3-4)C(c3ccccc3)(c3ccccc3)c3ccc4oc6ccccc6c4c3-5)c3ccc4oc5ccccc5c4c3)ccc2-c2c1c1c(c3c2oc2ccccc23)-c2ccccc2C1(CCCCCCC)CCCCCCC. The van der Waals surface area contributed by atoms with Crippen LogP contribution >= 0.6 is 0 Å². The molecule has 0 N–H and O–H groups in total. The van der Waals surface area contributed by atoms with E-state index in [2.05, 4.69) is 330 Å². The lowest BCUT2D eigenvalue weighted by Crippen LogP contribution is -2.33. The maximum atomic E-state index is 7.77. The zero-order chi connectivity index (χ0) is 80.5. The summed E-state index contributed by atoms with van der Waals surface area (Å²) in [4.78, 5) is 2.66. The van der Waals surface area contributed by atoms with E-state index in [9.17, 15) is 0 Å². The molecule has 0 saturated heterocycles. The standard InChI is InChI=1S/C116H109NO3/c1-5-9-13-17-41-69-113(70-42-18-14-10-6-2)94-57-37-33-54-87(94)107-108-90-56-36-40-60-102(90)120-112(108)109-88-65-62-83(74-96(88)114(111(109)110(107)113,71-43-19-15-11-7-3)72-44-20-16-12-8-4)117(82-63-67-103-92(73-82)86-53-34-38-58-100(86)118-103)84-61-64-85-91-76-99-93(77-98(91)116(97(85)75-84,80-49-29-23-30-50-80)81-51-31-24-32-52-81)105-95(66-68-104-106(105)89-55-35-39-59-101(89)119-104)115(99,78-45-25-21-26-46-78)79-47-27-22-28-48-79/h21-40,45-68,73-77H,5-20,41-44,69-72H2,1-4H3. The van der Waals surface area contributed by atoms with Crippen molar-refractivity contribution in [3.63, 3.8) is 0 Å². The van der Waals surface area contributed by atoms with E-state index in [4.69, 9.17) is 13.3 Å². The summed E-state index contributed by atoms with van der Waals surface area (Å²) in [6.45, 7) is 9.49. The molecule has 0 fully saturated rings. The number of para-hydroxylation sites is 3. The van der Waals surface area contributed by atoms with Crippen LogP contribution in [0.4, 0.5) is 17.1 Å². The van der Waals surface area contributed by atoms with Gasteiger partial charge in [0.25, 0.3) is 0 Å². The summed E-state index contributed by atoms with van der Waals surface area (Å²) >= 11 is 0. The highest BCUT2D eigenvalue weighted by Gasteiger charge is 2.56. The van der Waals surface area contributed by atoms with Gasteiger partial charge in [-0.15, -0.1) is 0 Å². The molecule has 4 aliphatic carbocycles. The second-order valence-electron chi connectivity index (χ2n) is 35.6. The molecule has 0 bridgehead atoms. The minimum Gasteiger partial charge on any atom is -0.456 e. The van der Waals surface area contributed by atoms with Crippen molar-refractivity contribution in [3.05, 3.63) is 364 Å². The van der Waals surface area contributed by atoms with Crippen LogP contribution < -0.4 is 4.90 Å². The van der Waals surface area contributed by atoms with Gasteiger partial charge in [-0.05, 0) is 210 Å². The zero-order valence-electron chi connectivity index (χ0n) is 70.4. The van der Waals surface area contributed by atoms with Crippen molar-refractivity contribution in [1.82, 2.24) is 0 Å². The van der Waals surface area contributed by atoms with Gasteiger partial charge in [0.2, 0.25) is 0 Å². The molecule has 120 heavy (non-hydrogen) atoms. The monoisotopic (exact) mass is 1560 g/mol. The van der Waals surface area contributed by atoms with Gasteiger partial charge in [-0.2, -0.15) is 0 Å². The largest absolute Gasteiger partial charge is 0.456 e. The molecule has 0 amide bonds. The van der Waals surface area contributed by atoms with E-state index in [1.807, 2.05) is 0 Å².